The van der Waals surface area contributed by atoms with Gasteiger partial charge in [0.2, 0.25) is 0 Å². The molecule has 1 aromatic heterocycles. The first-order valence-electron chi connectivity index (χ1n) is 7.30. The number of esters is 1. The lowest BCUT2D eigenvalue weighted by Gasteiger charge is -2.16. The fourth-order valence-corrected chi connectivity index (χ4v) is 2.23. The fraction of sp³-hybridized carbons (Fsp3) is 0.235. The SMILES string of the molecule is CCC(OC(=O)c1ccncc1)C(=O)Nc1ccc(OC)c(Cl)c1. The molecule has 1 unspecified atom stereocenters. The van der Waals surface area contributed by atoms with Crippen molar-refractivity contribution in [1.29, 1.82) is 0 Å². The highest BCUT2D eigenvalue weighted by molar-refractivity contribution is 6.32. The third-order valence-electron chi connectivity index (χ3n) is 3.25. The van der Waals surface area contributed by atoms with E-state index in [-0.39, 0.29) is 0 Å². The Morgan fingerprint density at radius 3 is 2.54 bits per heavy atom. The third-order valence-corrected chi connectivity index (χ3v) is 3.54. The number of carbonyl (C=O) groups is 2. The minimum Gasteiger partial charge on any atom is -0.495 e. The van der Waals surface area contributed by atoms with Crippen molar-refractivity contribution < 1.29 is 19.1 Å². The summed E-state index contributed by atoms with van der Waals surface area (Å²) in [5, 5.41) is 3.05. The van der Waals surface area contributed by atoms with Gasteiger partial charge in [0.25, 0.3) is 5.91 Å². The first-order valence-corrected chi connectivity index (χ1v) is 7.68. The number of ether oxygens (including phenoxy) is 2. The second-order valence-electron chi connectivity index (χ2n) is 4.88. The molecule has 2 rings (SSSR count). The van der Waals surface area contributed by atoms with Crippen LogP contribution in [0.2, 0.25) is 5.02 Å². The molecule has 126 valence electrons. The van der Waals surface area contributed by atoms with Gasteiger partial charge in [-0.2, -0.15) is 0 Å². The van der Waals surface area contributed by atoms with Crippen molar-refractivity contribution in [2.75, 3.05) is 12.4 Å². The number of benzene rings is 1. The van der Waals surface area contributed by atoms with E-state index < -0.39 is 18.0 Å². The minimum absolute atomic E-state index is 0.337. The number of aromatic nitrogens is 1. The normalized spacial score (nSPS) is 11.5. The number of hydrogen-bond donors (Lipinski definition) is 1. The van der Waals surface area contributed by atoms with Gasteiger partial charge in [0, 0.05) is 18.1 Å². The molecule has 1 amide bonds. The zero-order chi connectivity index (χ0) is 17.5. The average molecular weight is 349 g/mol. The quantitative estimate of drug-likeness (QED) is 0.810. The summed E-state index contributed by atoms with van der Waals surface area (Å²) < 4.78 is 10.3. The van der Waals surface area contributed by atoms with Crippen LogP contribution in [0.1, 0.15) is 23.7 Å². The summed E-state index contributed by atoms with van der Waals surface area (Å²) in [7, 11) is 1.51. The molecule has 1 atom stereocenters. The van der Waals surface area contributed by atoms with Crippen molar-refractivity contribution in [2.45, 2.75) is 19.4 Å². The largest absolute Gasteiger partial charge is 0.495 e. The van der Waals surface area contributed by atoms with Crippen LogP contribution in [0, 0.1) is 0 Å². The van der Waals surface area contributed by atoms with Crippen LogP contribution in [0.4, 0.5) is 5.69 Å². The number of pyridine rings is 1. The molecule has 0 aliphatic rings. The van der Waals surface area contributed by atoms with Crippen molar-refractivity contribution in [3.8, 4) is 5.75 Å². The zero-order valence-corrected chi connectivity index (χ0v) is 14.0. The van der Waals surface area contributed by atoms with E-state index >= 15 is 0 Å². The number of hydrogen-bond acceptors (Lipinski definition) is 5. The molecular weight excluding hydrogens is 332 g/mol. The number of carbonyl (C=O) groups excluding carboxylic acids is 2. The smallest absolute Gasteiger partial charge is 0.339 e. The van der Waals surface area contributed by atoms with E-state index in [2.05, 4.69) is 10.3 Å². The number of rotatable bonds is 6. The summed E-state index contributed by atoms with van der Waals surface area (Å²) in [6.45, 7) is 1.76. The lowest BCUT2D eigenvalue weighted by atomic mass is 10.2. The Morgan fingerprint density at radius 1 is 1.25 bits per heavy atom. The summed E-state index contributed by atoms with van der Waals surface area (Å²) in [5.41, 5.74) is 0.827. The van der Waals surface area contributed by atoms with Gasteiger partial charge >= 0.3 is 5.97 Å². The van der Waals surface area contributed by atoms with E-state index in [1.807, 2.05) is 0 Å². The van der Waals surface area contributed by atoms with Gasteiger partial charge in [0.1, 0.15) is 5.75 Å². The van der Waals surface area contributed by atoms with Crippen LogP contribution in [-0.4, -0.2) is 30.1 Å². The molecule has 2 aromatic rings. The number of amides is 1. The molecular formula is C17H17ClN2O4. The van der Waals surface area contributed by atoms with Crippen molar-refractivity contribution >= 4 is 29.2 Å². The molecule has 1 aromatic carbocycles. The topological polar surface area (TPSA) is 77.5 Å². The predicted octanol–water partition coefficient (Wildman–Crippen LogP) is 3.32. The van der Waals surface area contributed by atoms with Gasteiger partial charge in [-0.3, -0.25) is 9.78 Å². The second-order valence-corrected chi connectivity index (χ2v) is 5.28. The molecule has 6 nitrogen and oxygen atoms in total. The molecule has 0 spiro atoms. The molecule has 0 aliphatic carbocycles. The van der Waals surface area contributed by atoms with Gasteiger partial charge in [-0.1, -0.05) is 18.5 Å². The van der Waals surface area contributed by atoms with Gasteiger partial charge < -0.3 is 14.8 Å². The van der Waals surface area contributed by atoms with Crippen LogP contribution >= 0.6 is 11.6 Å². The molecule has 1 N–H and O–H groups in total. The van der Waals surface area contributed by atoms with E-state index in [4.69, 9.17) is 21.1 Å². The predicted molar refractivity (Wildman–Crippen MR) is 90.4 cm³/mol. The number of methoxy groups -OCH3 is 1. The standard InChI is InChI=1S/C17H17ClN2O4/c1-3-14(24-17(22)11-6-8-19-9-7-11)16(21)20-12-4-5-15(23-2)13(18)10-12/h4-10,14H,3H2,1-2H3,(H,20,21). The number of anilines is 1. The molecule has 0 fully saturated rings. The van der Waals surface area contributed by atoms with Crippen LogP contribution in [0.25, 0.3) is 0 Å². The van der Waals surface area contributed by atoms with Crippen LogP contribution in [0.5, 0.6) is 5.75 Å². The van der Waals surface area contributed by atoms with Crippen LogP contribution in [0.3, 0.4) is 0 Å². The molecule has 7 heteroatoms. The van der Waals surface area contributed by atoms with Crippen molar-refractivity contribution in [3.63, 3.8) is 0 Å². The molecule has 0 aliphatic heterocycles. The highest BCUT2D eigenvalue weighted by Gasteiger charge is 2.22. The lowest BCUT2D eigenvalue weighted by molar-refractivity contribution is -0.124. The molecule has 0 radical (unpaired) electrons. The maximum Gasteiger partial charge on any atom is 0.339 e. The van der Waals surface area contributed by atoms with Gasteiger partial charge in [0.05, 0.1) is 17.7 Å². The number of nitrogens with zero attached hydrogens (tertiary/aromatic N) is 1. The average Bonchev–Trinajstić information content (AvgIpc) is 2.60. The van der Waals surface area contributed by atoms with Crippen molar-refractivity contribution in [1.82, 2.24) is 4.98 Å². The minimum atomic E-state index is -0.911. The summed E-state index contributed by atoms with van der Waals surface area (Å²) in [6.07, 6.45) is 2.40. The monoisotopic (exact) mass is 348 g/mol. The number of halogens is 1. The first-order chi connectivity index (χ1) is 11.5. The van der Waals surface area contributed by atoms with Crippen molar-refractivity contribution in [3.05, 3.63) is 53.3 Å². The van der Waals surface area contributed by atoms with Gasteiger partial charge in [-0.05, 0) is 36.8 Å². The van der Waals surface area contributed by atoms with Crippen LogP contribution < -0.4 is 10.1 Å². The highest BCUT2D eigenvalue weighted by atomic mass is 35.5. The molecule has 0 saturated carbocycles. The summed E-state index contributed by atoms with van der Waals surface area (Å²) in [4.78, 5) is 28.2. The van der Waals surface area contributed by atoms with Gasteiger partial charge in [0.15, 0.2) is 6.10 Å². The van der Waals surface area contributed by atoms with E-state index in [0.29, 0.717) is 28.4 Å². The van der Waals surface area contributed by atoms with Crippen LogP contribution in [0.15, 0.2) is 42.7 Å². The Hall–Kier alpha value is -2.60. The molecule has 0 saturated heterocycles. The molecule has 0 bridgehead atoms. The number of nitrogens with one attached hydrogen (secondary N) is 1. The Balaban J connectivity index is 2.03. The van der Waals surface area contributed by atoms with Gasteiger partial charge in [-0.15, -0.1) is 0 Å². The summed E-state index contributed by atoms with van der Waals surface area (Å²) in [6, 6.07) is 7.91. The fourth-order valence-electron chi connectivity index (χ4n) is 1.97. The Morgan fingerprint density at radius 2 is 1.96 bits per heavy atom. The molecule has 24 heavy (non-hydrogen) atoms. The van der Waals surface area contributed by atoms with E-state index in [1.165, 1.54) is 31.6 Å². The van der Waals surface area contributed by atoms with Gasteiger partial charge in [-0.25, -0.2) is 4.79 Å². The maximum absolute atomic E-state index is 12.3. The van der Waals surface area contributed by atoms with Crippen molar-refractivity contribution in [2.24, 2.45) is 0 Å². The zero-order valence-electron chi connectivity index (χ0n) is 13.3. The molecule has 1 heterocycles. The Bertz CT molecular complexity index is 722. The first kappa shape index (κ1) is 17.7. The highest BCUT2D eigenvalue weighted by Crippen LogP contribution is 2.27. The van der Waals surface area contributed by atoms with E-state index in [1.54, 1.807) is 25.1 Å². The second kappa shape index (κ2) is 8.31. The summed E-state index contributed by atoms with van der Waals surface area (Å²) in [5.74, 6) is -0.501. The lowest BCUT2D eigenvalue weighted by Crippen LogP contribution is -2.32. The third kappa shape index (κ3) is 4.45. The Labute approximate surface area is 144 Å². The maximum atomic E-state index is 12.3. The summed E-state index contributed by atoms with van der Waals surface area (Å²) >= 11 is 6.02. The van der Waals surface area contributed by atoms with E-state index in [0.717, 1.165) is 0 Å². The van der Waals surface area contributed by atoms with E-state index in [9.17, 15) is 9.59 Å². The van der Waals surface area contributed by atoms with Crippen LogP contribution in [-0.2, 0) is 9.53 Å². The Kier molecular flexibility index (Phi) is 6.14.